The predicted octanol–water partition coefficient (Wildman–Crippen LogP) is 1.16. The highest BCUT2D eigenvalue weighted by atomic mass is 79.9. The Hall–Kier alpha value is -0.720. The second kappa shape index (κ2) is 5.34. The molecule has 5 nitrogen and oxygen atoms in total. The minimum Gasteiger partial charge on any atom is -0.308 e. The highest BCUT2D eigenvalue weighted by molar-refractivity contribution is 9.10. The summed E-state index contributed by atoms with van der Waals surface area (Å²) in [6.45, 7) is 7.52. The third-order valence-electron chi connectivity index (χ3n) is 4.03. The maximum absolute atomic E-state index is 12.0. The van der Waals surface area contributed by atoms with Crippen molar-refractivity contribution in [2.75, 3.05) is 32.7 Å². The molecule has 1 N–H and O–H groups in total. The Bertz CT molecular complexity index is 522. The van der Waals surface area contributed by atoms with Crippen LogP contribution in [0.25, 0.3) is 0 Å². The average molecular weight is 327 g/mol. The van der Waals surface area contributed by atoms with Crippen LogP contribution in [0.2, 0.25) is 0 Å². The van der Waals surface area contributed by atoms with Crippen LogP contribution < -0.4 is 5.56 Å². The molecule has 4 heterocycles. The summed E-state index contributed by atoms with van der Waals surface area (Å²) in [4.78, 5) is 24.5. The van der Waals surface area contributed by atoms with Crippen LogP contribution in [0.1, 0.15) is 30.9 Å². The standard InChI is InChI=1S/C13H19BrN4O/c1-2-3-9-11(14)13(19)16-12(15-9)10-8-17-4-6-18(10)7-5-17/h10H,2-8H2,1H3,(H,15,16,19). The summed E-state index contributed by atoms with van der Waals surface area (Å²) >= 11 is 3.35. The number of piperazine rings is 3. The quantitative estimate of drug-likeness (QED) is 0.905. The first-order chi connectivity index (χ1) is 9.19. The molecule has 3 aliphatic heterocycles. The summed E-state index contributed by atoms with van der Waals surface area (Å²) in [6.07, 6.45) is 1.84. The molecule has 1 aromatic heterocycles. The summed E-state index contributed by atoms with van der Waals surface area (Å²) in [7, 11) is 0. The van der Waals surface area contributed by atoms with Crippen molar-refractivity contribution < 1.29 is 0 Å². The third kappa shape index (κ3) is 2.49. The van der Waals surface area contributed by atoms with Crippen LogP contribution in [0.15, 0.2) is 9.27 Å². The zero-order valence-corrected chi connectivity index (χ0v) is 12.7. The number of H-pyrrole nitrogens is 1. The summed E-state index contributed by atoms with van der Waals surface area (Å²) in [6, 6.07) is 0.249. The van der Waals surface area contributed by atoms with Gasteiger partial charge < -0.3 is 4.98 Å². The van der Waals surface area contributed by atoms with E-state index in [1.807, 2.05) is 0 Å². The minimum absolute atomic E-state index is 0.0499. The van der Waals surface area contributed by atoms with Crippen LogP contribution in [0.5, 0.6) is 0 Å². The van der Waals surface area contributed by atoms with E-state index < -0.39 is 0 Å². The van der Waals surface area contributed by atoms with Crippen LogP contribution in [-0.2, 0) is 6.42 Å². The topological polar surface area (TPSA) is 52.2 Å². The smallest absolute Gasteiger partial charge is 0.265 e. The Kier molecular flexibility index (Phi) is 3.73. The van der Waals surface area contributed by atoms with E-state index in [1.54, 1.807) is 0 Å². The molecule has 2 bridgehead atoms. The average Bonchev–Trinajstić information content (AvgIpc) is 2.45. The zero-order valence-electron chi connectivity index (χ0n) is 11.2. The maximum Gasteiger partial charge on any atom is 0.265 e. The highest BCUT2D eigenvalue weighted by Crippen LogP contribution is 2.26. The van der Waals surface area contributed by atoms with Crippen molar-refractivity contribution in [3.8, 4) is 0 Å². The number of nitrogens with zero attached hydrogens (tertiary/aromatic N) is 3. The van der Waals surface area contributed by atoms with Gasteiger partial charge in [0, 0.05) is 32.7 Å². The monoisotopic (exact) mass is 326 g/mol. The highest BCUT2D eigenvalue weighted by Gasteiger charge is 2.34. The number of rotatable bonds is 3. The Morgan fingerprint density at radius 1 is 1.37 bits per heavy atom. The lowest BCUT2D eigenvalue weighted by Gasteiger charge is -2.46. The second-order valence-corrected chi connectivity index (χ2v) is 6.11. The van der Waals surface area contributed by atoms with Crippen LogP contribution in [0.3, 0.4) is 0 Å². The Labute approximate surface area is 121 Å². The van der Waals surface area contributed by atoms with Gasteiger partial charge in [-0.05, 0) is 22.4 Å². The van der Waals surface area contributed by atoms with Gasteiger partial charge in [0.2, 0.25) is 0 Å². The van der Waals surface area contributed by atoms with Gasteiger partial charge in [-0.3, -0.25) is 14.6 Å². The molecule has 3 fully saturated rings. The fraction of sp³-hybridized carbons (Fsp3) is 0.692. The van der Waals surface area contributed by atoms with Crippen molar-refractivity contribution in [3.63, 3.8) is 0 Å². The first kappa shape index (κ1) is 13.3. The molecule has 6 heteroatoms. The van der Waals surface area contributed by atoms with E-state index in [4.69, 9.17) is 4.98 Å². The normalized spacial score (nSPS) is 29.7. The van der Waals surface area contributed by atoms with Gasteiger partial charge in [0.25, 0.3) is 5.56 Å². The zero-order chi connectivity index (χ0) is 13.4. The molecule has 0 aromatic carbocycles. The lowest BCUT2D eigenvalue weighted by molar-refractivity contribution is 0.00844. The molecule has 0 spiro atoms. The molecule has 1 aromatic rings. The van der Waals surface area contributed by atoms with E-state index in [2.05, 4.69) is 37.6 Å². The van der Waals surface area contributed by atoms with Crippen molar-refractivity contribution >= 4 is 15.9 Å². The van der Waals surface area contributed by atoms with Gasteiger partial charge in [-0.25, -0.2) is 4.98 Å². The molecule has 0 aliphatic carbocycles. The van der Waals surface area contributed by atoms with E-state index in [0.717, 1.165) is 57.1 Å². The number of aryl methyl sites for hydroxylation is 1. The van der Waals surface area contributed by atoms with E-state index in [9.17, 15) is 4.79 Å². The van der Waals surface area contributed by atoms with Crippen molar-refractivity contribution in [2.45, 2.75) is 25.8 Å². The number of hydrogen-bond donors (Lipinski definition) is 1. The van der Waals surface area contributed by atoms with Gasteiger partial charge >= 0.3 is 0 Å². The molecule has 4 rings (SSSR count). The molecule has 19 heavy (non-hydrogen) atoms. The summed E-state index contributed by atoms with van der Waals surface area (Å²) < 4.78 is 0.592. The summed E-state index contributed by atoms with van der Waals surface area (Å²) in [5.74, 6) is 0.834. The van der Waals surface area contributed by atoms with Gasteiger partial charge in [0.05, 0.1) is 11.7 Å². The van der Waals surface area contributed by atoms with Crippen molar-refractivity contribution in [2.24, 2.45) is 0 Å². The Morgan fingerprint density at radius 3 is 2.68 bits per heavy atom. The number of aromatic nitrogens is 2. The fourth-order valence-corrected chi connectivity index (χ4v) is 3.35. The van der Waals surface area contributed by atoms with Crippen molar-refractivity contribution in [1.29, 1.82) is 0 Å². The Balaban J connectivity index is 1.94. The number of halogens is 1. The first-order valence-electron chi connectivity index (χ1n) is 6.94. The molecule has 1 atom stereocenters. The number of aromatic amines is 1. The van der Waals surface area contributed by atoms with Crippen molar-refractivity contribution in [3.05, 3.63) is 26.3 Å². The SMILES string of the molecule is CCCc1nc(C2CN3CCN2CC3)[nH]c(=O)c1Br. The van der Waals surface area contributed by atoms with E-state index in [1.165, 1.54) is 0 Å². The van der Waals surface area contributed by atoms with Crippen LogP contribution >= 0.6 is 15.9 Å². The van der Waals surface area contributed by atoms with Gasteiger partial charge in [-0.2, -0.15) is 0 Å². The number of nitrogens with one attached hydrogen (secondary N) is 1. The molecule has 0 saturated carbocycles. The van der Waals surface area contributed by atoms with Gasteiger partial charge in [0.15, 0.2) is 0 Å². The fourth-order valence-electron chi connectivity index (χ4n) is 2.96. The number of fused-ring (bicyclic) bond motifs is 3. The molecular formula is C13H19BrN4O. The predicted molar refractivity (Wildman–Crippen MR) is 77.3 cm³/mol. The van der Waals surface area contributed by atoms with Crippen LogP contribution in [0, 0.1) is 0 Å². The van der Waals surface area contributed by atoms with E-state index in [0.29, 0.717) is 4.47 Å². The van der Waals surface area contributed by atoms with Gasteiger partial charge in [-0.1, -0.05) is 13.3 Å². The second-order valence-electron chi connectivity index (χ2n) is 5.31. The minimum atomic E-state index is -0.0499. The van der Waals surface area contributed by atoms with Crippen LogP contribution in [0.4, 0.5) is 0 Å². The summed E-state index contributed by atoms with van der Waals surface area (Å²) in [5.41, 5.74) is 0.838. The molecule has 3 aliphatic rings. The third-order valence-corrected chi connectivity index (χ3v) is 4.85. The van der Waals surface area contributed by atoms with E-state index in [-0.39, 0.29) is 11.6 Å². The lowest BCUT2D eigenvalue weighted by Crippen LogP contribution is -2.57. The maximum atomic E-state index is 12.0. The van der Waals surface area contributed by atoms with E-state index >= 15 is 0 Å². The first-order valence-corrected chi connectivity index (χ1v) is 7.73. The number of hydrogen-bond acceptors (Lipinski definition) is 4. The van der Waals surface area contributed by atoms with Crippen LogP contribution in [-0.4, -0.2) is 52.5 Å². The molecule has 104 valence electrons. The van der Waals surface area contributed by atoms with Crippen molar-refractivity contribution in [1.82, 2.24) is 19.8 Å². The van der Waals surface area contributed by atoms with Gasteiger partial charge in [-0.15, -0.1) is 0 Å². The molecular weight excluding hydrogens is 308 g/mol. The lowest BCUT2D eigenvalue weighted by atomic mass is 10.1. The molecule has 3 saturated heterocycles. The molecule has 0 amide bonds. The molecule has 0 radical (unpaired) electrons. The Morgan fingerprint density at radius 2 is 2.11 bits per heavy atom. The largest absolute Gasteiger partial charge is 0.308 e. The van der Waals surface area contributed by atoms with Gasteiger partial charge in [0.1, 0.15) is 10.3 Å². The summed E-state index contributed by atoms with van der Waals surface area (Å²) in [5, 5.41) is 0. The molecule has 1 unspecified atom stereocenters.